The van der Waals surface area contributed by atoms with E-state index in [9.17, 15) is 4.79 Å². The maximum Gasteiger partial charge on any atom is 0.231 e. The van der Waals surface area contributed by atoms with Gasteiger partial charge in [0.25, 0.3) is 0 Å². The van der Waals surface area contributed by atoms with Gasteiger partial charge < -0.3 is 24.6 Å². The summed E-state index contributed by atoms with van der Waals surface area (Å²) < 4.78 is 10.8. The van der Waals surface area contributed by atoms with E-state index in [1.54, 1.807) is 19.0 Å². The van der Waals surface area contributed by atoms with Gasteiger partial charge in [0.05, 0.1) is 0 Å². The highest BCUT2D eigenvalue weighted by Crippen LogP contribution is 2.32. The Morgan fingerprint density at radius 1 is 1.18 bits per heavy atom. The predicted octanol–water partition coefficient (Wildman–Crippen LogP) is 1.20. The van der Waals surface area contributed by atoms with Gasteiger partial charge in [0.1, 0.15) is 0 Å². The van der Waals surface area contributed by atoms with Gasteiger partial charge in [0.15, 0.2) is 17.5 Å². The van der Waals surface area contributed by atoms with Gasteiger partial charge in [-0.1, -0.05) is 6.07 Å². The third-order valence-corrected chi connectivity index (χ3v) is 4.91. The van der Waals surface area contributed by atoms with Crippen LogP contribution in [0.1, 0.15) is 12.0 Å². The van der Waals surface area contributed by atoms with E-state index in [4.69, 9.17) is 9.47 Å². The van der Waals surface area contributed by atoms with Crippen molar-refractivity contribution in [2.45, 2.75) is 13.0 Å². The summed E-state index contributed by atoms with van der Waals surface area (Å²) >= 11 is 0. The van der Waals surface area contributed by atoms with Crippen LogP contribution >= 0.6 is 24.0 Å². The van der Waals surface area contributed by atoms with Crippen molar-refractivity contribution in [3.63, 3.8) is 0 Å². The van der Waals surface area contributed by atoms with Gasteiger partial charge >= 0.3 is 0 Å². The molecule has 2 aliphatic heterocycles. The Labute approximate surface area is 183 Å². The van der Waals surface area contributed by atoms with Crippen LogP contribution in [0.4, 0.5) is 0 Å². The predicted molar refractivity (Wildman–Crippen MR) is 120 cm³/mol. The van der Waals surface area contributed by atoms with E-state index >= 15 is 0 Å². The number of piperazine rings is 1. The molecule has 0 aliphatic carbocycles. The Balaban J connectivity index is 0.00000280. The van der Waals surface area contributed by atoms with Gasteiger partial charge in [-0.15, -0.1) is 24.0 Å². The number of hydrogen-bond acceptors (Lipinski definition) is 5. The highest BCUT2D eigenvalue weighted by atomic mass is 127. The SMILES string of the molecule is CN=C(NCc1ccc2c(c1)OCO2)N1CCN(CCC(=O)N(C)C)CC1.I. The number of benzene rings is 1. The van der Waals surface area contributed by atoms with Gasteiger partial charge in [-0.3, -0.25) is 14.7 Å². The van der Waals surface area contributed by atoms with Crippen molar-refractivity contribution in [2.75, 3.05) is 60.7 Å². The molecular weight excluding hydrogens is 473 g/mol. The first-order chi connectivity index (χ1) is 13.1. The monoisotopic (exact) mass is 503 g/mol. The number of hydrogen-bond donors (Lipinski definition) is 1. The third kappa shape index (κ3) is 5.87. The van der Waals surface area contributed by atoms with E-state index < -0.39 is 0 Å². The lowest BCUT2D eigenvalue weighted by atomic mass is 10.2. The van der Waals surface area contributed by atoms with Crippen molar-refractivity contribution in [3.8, 4) is 11.5 Å². The Hall–Kier alpha value is -1.75. The topological polar surface area (TPSA) is 69.6 Å². The Kier molecular flexibility index (Phi) is 8.61. The number of guanidine groups is 1. The van der Waals surface area contributed by atoms with E-state index in [1.165, 1.54) is 0 Å². The maximum absolute atomic E-state index is 11.7. The Morgan fingerprint density at radius 3 is 2.57 bits per heavy atom. The zero-order valence-corrected chi connectivity index (χ0v) is 19.1. The molecule has 0 atom stereocenters. The van der Waals surface area contributed by atoms with Crippen LogP contribution in [-0.4, -0.2) is 87.2 Å². The number of ether oxygens (including phenoxy) is 2. The van der Waals surface area contributed by atoms with E-state index in [-0.39, 0.29) is 36.7 Å². The molecule has 3 rings (SSSR count). The molecule has 9 heteroatoms. The van der Waals surface area contributed by atoms with Crippen LogP contribution < -0.4 is 14.8 Å². The Morgan fingerprint density at radius 2 is 1.89 bits per heavy atom. The zero-order valence-electron chi connectivity index (χ0n) is 16.8. The number of halogens is 1. The van der Waals surface area contributed by atoms with E-state index in [0.29, 0.717) is 13.0 Å². The molecule has 0 radical (unpaired) electrons. The number of amides is 1. The second-order valence-corrected chi connectivity index (χ2v) is 6.96. The first-order valence-electron chi connectivity index (χ1n) is 9.33. The maximum atomic E-state index is 11.7. The molecule has 1 saturated heterocycles. The minimum absolute atomic E-state index is 0. The molecule has 0 spiro atoms. The molecule has 1 aromatic rings. The first kappa shape index (κ1) is 22.5. The second kappa shape index (κ2) is 10.7. The summed E-state index contributed by atoms with van der Waals surface area (Å²) in [6.45, 7) is 5.46. The minimum Gasteiger partial charge on any atom is -0.454 e. The molecule has 0 aromatic heterocycles. The van der Waals surface area contributed by atoms with Gasteiger partial charge in [0.2, 0.25) is 12.7 Å². The van der Waals surface area contributed by atoms with Crippen molar-refractivity contribution in [1.82, 2.24) is 20.0 Å². The van der Waals surface area contributed by atoms with Crippen LogP contribution in [0.15, 0.2) is 23.2 Å². The fourth-order valence-corrected chi connectivity index (χ4v) is 3.22. The molecule has 1 N–H and O–H groups in total. The van der Waals surface area contributed by atoms with Crippen LogP contribution in [0.25, 0.3) is 0 Å². The average Bonchev–Trinajstić information content (AvgIpc) is 3.15. The van der Waals surface area contributed by atoms with Gasteiger partial charge in [0, 0.05) is 66.8 Å². The molecule has 1 aromatic carbocycles. The molecule has 0 saturated carbocycles. The summed E-state index contributed by atoms with van der Waals surface area (Å²) in [5.74, 6) is 2.67. The highest BCUT2D eigenvalue weighted by molar-refractivity contribution is 14.0. The van der Waals surface area contributed by atoms with Crippen LogP contribution in [0, 0.1) is 0 Å². The number of nitrogens with zero attached hydrogens (tertiary/aromatic N) is 4. The van der Waals surface area contributed by atoms with Crippen LogP contribution in [0.3, 0.4) is 0 Å². The minimum atomic E-state index is 0. The average molecular weight is 503 g/mol. The van der Waals surface area contributed by atoms with Crippen molar-refractivity contribution >= 4 is 35.8 Å². The van der Waals surface area contributed by atoms with Crippen LogP contribution in [0.5, 0.6) is 11.5 Å². The number of fused-ring (bicyclic) bond motifs is 1. The quantitative estimate of drug-likeness (QED) is 0.370. The summed E-state index contributed by atoms with van der Waals surface area (Å²) in [7, 11) is 5.41. The van der Waals surface area contributed by atoms with Crippen molar-refractivity contribution in [2.24, 2.45) is 4.99 Å². The smallest absolute Gasteiger partial charge is 0.231 e. The van der Waals surface area contributed by atoms with Gasteiger partial charge in [-0.2, -0.15) is 0 Å². The standard InChI is InChI=1S/C19H29N5O3.HI/c1-20-19(21-13-15-4-5-16-17(12-15)27-14-26-16)24-10-8-23(9-11-24)7-6-18(25)22(2)3;/h4-5,12H,6-11,13-14H2,1-3H3,(H,20,21);1H. The normalized spacial score (nSPS) is 16.5. The third-order valence-electron chi connectivity index (χ3n) is 4.91. The summed E-state index contributed by atoms with van der Waals surface area (Å²) in [5, 5.41) is 3.43. The fourth-order valence-electron chi connectivity index (χ4n) is 3.22. The molecule has 0 bridgehead atoms. The van der Waals surface area contributed by atoms with Gasteiger partial charge in [-0.05, 0) is 17.7 Å². The number of aliphatic imine (C=N–C) groups is 1. The second-order valence-electron chi connectivity index (χ2n) is 6.96. The van der Waals surface area contributed by atoms with Crippen molar-refractivity contribution in [3.05, 3.63) is 23.8 Å². The molecular formula is C19H30IN5O3. The van der Waals surface area contributed by atoms with E-state index in [1.807, 2.05) is 25.2 Å². The van der Waals surface area contributed by atoms with Crippen LogP contribution in [0.2, 0.25) is 0 Å². The number of nitrogens with one attached hydrogen (secondary N) is 1. The summed E-state index contributed by atoms with van der Waals surface area (Å²) in [4.78, 5) is 22.4. The number of rotatable bonds is 5. The summed E-state index contributed by atoms with van der Waals surface area (Å²) in [5.41, 5.74) is 1.13. The lowest BCUT2D eigenvalue weighted by Gasteiger charge is -2.36. The largest absolute Gasteiger partial charge is 0.454 e. The number of carbonyl (C=O) groups is 1. The lowest BCUT2D eigenvalue weighted by molar-refractivity contribution is -0.129. The molecule has 8 nitrogen and oxygen atoms in total. The lowest BCUT2D eigenvalue weighted by Crippen LogP contribution is -2.52. The van der Waals surface area contributed by atoms with Crippen molar-refractivity contribution < 1.29 is 14.3 Å². The van der Waals surface area contributed by atoms with Crippen LogP contribution in [-0.2, 0) is 11.3 Å². The Bertz CT molecular complexity index is 690. The van der Waals surface area contributed by atoms with E-state index in [2.05, 4.69) is 20.1 Å². The fraction of sp³-hybridized carbons (Fsp3) is 0.579. The molecule has 1 fully saturated rings. The van der Waals surface area contributed by atoms with Gasteiger partial charge in [-0.25, -0.2) is 0 Å². The summed E-state index contributed by atoms with van der Waals surface area (Å²) in [6.07, 6.45) is 0.574. The first-order valence-corrected chi connectivity index (χ1v) is 9.33. The van der Waals surface area contributed by atoms with E-state index in [0.717, 1.165) is 55.7 Å². The molecule has 1 amide bonds. The molecule has 156 valence electrons. The molecule has 2 heterocycles. The molecule has 0 unspecified atom stereocenters. The molecule has 2 aliphatic rings. The number of carbonyl (C=O) groups excluding carboxylic acids is 1. The summed E-state index contributed by atoms with van der Waals surface area (Å²) in [6, 6.07) is 5.98. The van der Waals surface area contributed by atoms with Crippen molar-refractivity contribution in [1.29, 1.82) is 0 Å². The zero-order chi connectivity index (χ0) is 19.2. The highest BCUT2D eigenvalue weighted by Gasteiger charge is 2.20. The molecule has 28 heavy (non-hydrogen) atoms.